The number of hydrogen-bond donors (Lipinski definition) is 0. The summed E-state index contributed by atoms with van der Waals surface area (Å²) in [5.74, 6) is -2.15. The van der Waals surface area contributed by atoms with Gasteiger partial charge in [-0.15, -0.1) is 0 Å². The molecule has 2 nitrogen and oxygen atoms in total. The summed E-state index contributed by atoms with van der Waals surface area (Å²) < 4.78 is 18.0. The van der Waals surface area contributed by atoms with Crippen molar-refractivity contribution in [1.82, 2.24) is 0 Å². The predicted molar refractivity (Wildman–Crippen MR) is 8.29 cm³/mol. The second-order valence-electron chi connectivity index (χ2n) is 0.190. The summed E-state index contributed by atoms with van der Waals surface area (Å²) in [5.41, 5.74) is 0. The Hall–Kier alpha value is 0.588. The summed E-state index contributed by atoms with van der Waals surface area (Å²) in [6.07, 6.45) is 0. The fraction of sp³-hybridized carbons (Fsp3) is 0. The van der Waals surface area contributed by atoms with Crippen LogP contribution in [0.3, 0.4) is 0 Å². The van der Waals surface area contributed by atoms with Crippen molar-refractivity contribution in [2.45, 2.75) is 0 Å². The van der Waals surface area contributed by atoms with Crippen molar-refractivity contribution < 1.29 is 28.4 Å². The van der Waals surface area contributed by atoms with Gasteiger partial charge in [0, 0.05) is 0 Å². The van der Waals surface area contributed by atoms with Gasteiger partial charge in [0.15, 0.2) is 0 Å². The first kappa shape index (κ1) is 4.59. The monoisotopic (exact) mass is 258 g/mol. The fourth-order valence-electron chi connectivity index (χ4n) is 0. The number of rotatable bonds is 0. The molecular formula is O2PPt. The van der Waals surface area contributed by atoms with Crippen LogP contribution in [0.2, 0.25) is 0 Å². The van der Waals surface area contributed by atoms with Crippen molar-refractivity contribution in [2.75, 3.05) is 0 Å². The Morgan fingerprint density at radius 1 is 1.50 bits per heavy atom. The molecule has 0 heterocycles. The Morgan fingerprint density at radius 2 is 1.50 bits per heavy atom. The SMILES string of the molecule is O=[P](=O)[Pt]. The minimum absolute atomic E-state index is 1.28. The van der Waals surface area contributed by atoms with Crippen LogP contribution in [0, 0.1) is 0 Å². The Balaban J connectivity index is 3.51. The molecule has 0 atom stereocenters. The molecule has 0 aliphatic carbocycles. The molecule has 0 aliphatic rings. The zero-order valence-corrected chi connectivity index (χ0v) is 4.75. The zero-order valence-electron chi connectivity index (χ0n) is 1.58. The van der Waals surface area contributed by atoms with Crippen LogP contribution in [0.4, 0.5) is 0 Å². The van der Waals surface area contributed by atoms with Gasteiger partial charge in [0.2, 0.25) is 0 Å². The van der Waals surface area contributed by atoms with Gasteiger partial charge < -0.3 is 0 Å². The predicted octanol–water partition coefficient (Wildman–Crippen LogP) is 0.621. The molecular weight excluding hydrogens is 258 g/mol. The van der Waals surface area contributed by atoms with Crippen LogP contribution < -0.4 is 0 Å². The average molecular weight is 258 g/mol. The third-order valence-electron chi connectivity index (χ3n) is 0. The van der Waals surface area contributed by atoms with Gasteiger partial charge in [-0.3, -0.25) is 0 Å². The van der Waals surface area contributed by atoms with Crippen LogP contribution in [-0.4, -0.2) is 0 Å². The van der Waals surface area contributed by atoms with Gasteiger partial charge in [0.05, 0.1) is 0 Å². The van der Waals surface area contributed by atoms with E-state index in [0.717, 1.165) is 0 Å². The molecule has 0 fully saturated rings. The Kier molecular flexibility index (Phi) is 2.14. The van der Waals surface area contributed by atoms with Crippen LogP contribution in [0.1, 0.15) is 0 Å². The average Bonchev–Trinajstić information content (AvgIpc) is 0.811. The Bertz CT molecular complexity index is 54.4. The van der Waals surface area contributed by atoms with Gasteiger partial charge in [0.25, 0.3) is 0 Å². The first-order valence-electron chi connectivity index (χ1n) is 0.507. The fourth-order valence-corrected chi connectivity index (χ4v) is 0. The van der Waals surface area contributed by atoms with Crippen molar-refractivity contribution in [3.8, 4) is 0 Å². The van der Waals surface area contributed by atoms with E-state index in [1.165, 1.54) is 19.3 Å². The molecule has 0 aliphatic heterocycles. The van der Waals surface area contributed by atoms with E-state index >= 15 is 0 Å². The molecule has 0 N–H and O–H groups in total. The van der Waals surface area contributed by atoms with E-state index in [9.17, 15) is 0 Å². The van der Waals surface area contributed by atoms with E-state index in [1.807, 2.05) is 0 Å². The molecule has 4 heteroatoms. The summed E-state index contributed by atoms with van der Waals surface area (Å²) in [6, 6.07) is 0. The summed E-state index contributed by atoms with van der Waals surface area (Å²) in [7, 11) is 0. The van der Waals surface area contributed by atoms with Crippen molar-refractivity contribution in [3.63, 3.8) is 0 Å². The molecule has 0 saturated heterocycles. The molecule has 0 aromatic rings. The normalized spacial score (nSPS) is 6.50. The first-order chi connectivity index (χ1) is 1.73. The van der Waals surface area contributed by atoms with Crippen LogP contribution in [0.25, 0.3) is 0 Å². The van der Waals surface area contributed by atoms with Crippen LogP contribution in [-0.2, 0) is 28.4 Å². The van der Waals surface area contributed by atoms with Crippen molar-refractivity contribution in [1.29, 1.82) is 0 Å². The third kappa shape index (κ3) is 18.9. The van der Waals surface area contributed by atoms with Gasteiger partial charge in [-0.1, -0.05) is 0 Å². The molecule has 0 radical (unpaired) electrons. The summed E-state index contributed by atoms with van der Waals surface area (Å²) in [6.45, 7) is 0. The molecule has 0 bridgehead atoms. The van der Waals surface area contributed by atoms with E-state index in [1.54, 1.807) is 0 Å². The molecule has 0 amide bonds. The van der Waals surface area contributed by atoms with Gasteiger partial charge in [0.1, 0.15) is 0 Å². The summed E-state index contributed by atoms with van der Waals surface area (Å²) in [5, 5.41) is 0. The van der Waals surface area contributed by atoms with Gasteiger partial charge in [-0.25, -0.2) is 0 Å². The van der Waals surface area contributed by atoms with Crippen molar-refractivity contribution in [3.05, 3.63) is 0 Å². The molecule has 0 aromatic heterocycles. The second-order valence-corrected chi connectivity index (χ2v) is 3.06. The molecule has 0 unspecified atom stereocenters. The van der Waals surface area contributed by atoms with Crippen LogP contribution in [0.15, 0.2) is 0 Å². The molecule has 0 spiro atoms. The first-order valence-corrected chi connectivity index (χ1v) is 4.57. The van der Waals surface area contributed by atoms with Crippen molar-refractivity contribution >= 4 is 5.77 Å². The number of hydrogen-bond acceptors (Lipinski definition) is 2. The summed E-state index contributed by atoms with van der Waals surface area (Å²) in [4.78, 5) is 0. The summed E-state index contributed by atoms with van der Waals surface area (Å²) >= 11 is 1.28. The van der Waals surface area contributed by atoms with Gasteiger partial charge in [-0.2, -0.15) is 0 Å². The second kappa shape index (κ2) is 1.87. The standard InChI is InChI=1S/O2P.Pt/c1-3-2;. The van der Waals surface area contributed by atoms with Gasteiger partial charge >= 0.3 is 34.2 Å². The van der Waals surface area contributed by atoms with Crippen LogP contribution >= 0.6 is 5.77 Å². The molecule has 27 valence electrons. The maximum absolute atomic E-state index is 9.02. The Morgan fingerprint density at radius 3 is 1.50 bits per heavy atom. The quantitative estimate of drug-likeness (QED) is 0.597. The van der Waals surface area contributed by atoms with Crippen LogP contribution in [0.5, 0.6) is 0 Å². The zero-order chi connectivity index (χ0) is 3.58. The van der Waals surface area contributed by atoms with E-state index in [-0.39, 0.29) is 0 Å². The molecule has 0 aromatic carbocycles. The maximum atomic E-state index is 9.02. The third-order valence-corrected chi connectivity index (χ3v) is 0. The Labute approximate surface area is 34.8 Å². The van der Waals surface area contributed by atoms with Crippen molar-refractivity contribution in [2.24, 2.45) is 0 Å². The van der Waals surface area contributed by atoms with E-state index < -0.39 is 5.77 Å². The molecule has 4 heavy (non-hydrogen) atoms. The van der Waals surface area contributed by atoms with E-state index in [2.05, 4.69) is 0 Å². The van der Waals surface area contributed by atoms with E-state index in [4.69, 9.17) is 9.13 Å². The minimum atomic E-state index is -2.15. The molecule has 0 rings (SSSR count). The topological polar surface area (TPSA) is 34.1 Å². The molecule has 0 saturated carbocycles. The van der Waals surface area contributed by atoms with E-state index in [0.29, 0.717) is 0 Å². The van der Waals surface area contributed by atoms with Gasteiger partial charge in [-0.05, 0) is 0 Å².